The molecule has 0 aromatic heterocycles. The van der Waals surface area contributed by atoms with E-state index in [0.717, 1.165) is 5.56 Å². The molecular weight excluding hydrogens is 378 g/mol. The van der Waals surface area contributed by atoms with Crippen molar-refractivity contribution >= 4 is 23.5 Å². The SMILES string of the molecule is CC(C)(C)NC(=O)C(COc1ccc(Cl)cc1)OC(=O)CCc1ccccc1. The van der Waals surface area contributed by atoms with Crippen molar-refractivity contribution < 1.29 is 19.1 Å². The Kier molecular flexibility index (Phi) is 7.88. The molecule has 6 heteroatoms. The average Bonchev–Trinajstić information content (AvgIpc) is 2.64. The number of amides is 1. The van der Waals surface area contributed by atoms with Crippen molar-refractivity contribution in [1.82, 2.24) is 5.32 Å². The predicted octanol–water partition coefficient (Wildman–Crippen LogP) is 4.18. The van der Waals surface area contributed by atoms with E-state index >= 15 is 0 Å². The van der Waals surface area contributed by atoms with Gasteiger partial charge in [-0.05, 0) is 57.0 Å². The largest absolute Gasteiger partial charge is 0.489 e. The number of aryl methyl sites for hydroxylation is 1. The number of hydrogen-bond donors (Lipinski definition) is 1. The summed E-state index contributed by atoms with van der Waals surface area (Å²) in [6, 6.07) is 16.4. The molecule has 0 saturated carbocycles. The average molecular weight is 404 g/mol. The second-order valence-electron chi connectivity index (χ2n) is 7.47. The maximum Gasteiger partial charge on any atom is 0.307 e. The maximum absolute atomic E-state index is 12.6. The lowest BCUT2D eigenvalue weighted by Crippen LogP contribution is -2.49. The Morgan fingerprint density at radius 2 is 1.68 bits per heavy atom. The van der Waals surface area contributed by atoms with Crippen molar-refractivity contribution in [2.75, 3.05) is 6.61 Å². The molecule has 150 valence electrons. The summed E-state index contributed by atoms with van der Waals surface area (Å²) < 4.78 is 11.0. The second kappa shape index (κ2) is 10.1. The van der Waals surface area contributed by atoms with E-state index in [1.165, 1.54) is 0 Å². The van der Waals surface area contributed by atoms with Crippen LogP contribution in [-0.4, -0.2) is 30.1 Å². The molecule has 2 aromatic carbocycles. The van der Waals surface area contributed by atoms with Gasteiger partial charge in [0.25, 0.3) is 5.91 Å². The Bertz CT molecular complexity index is 769. The van der Waals surface area contributed by atoms with E-state index in [9.17, 15) is 9.59 Å². The minimum atomic E-state index is -1.04. The molecule has 5 nitrogen and oxygen atoms in total. The van der Waals surface area contributed by atoms with Gasteiger partial charge in [-0.2, -0.15) is 0 Å². The number of halogens is 1. The first-order valence-electron chi connectivity index (χ1n) is 9.17. The topological polar surface area (TPSA) is 64.6 Å². The Morgan fingerprint density at radius 3 is 2.29 bits per heavy atom. The molecule has 0 bridgehead atoms. The third-order valence-corrected chi connectivity index (χ3v) is 3.99. The first-order chi connectivity index (χ1) is 13.2. The van der Waals surface area contributed by atoms with Crippen LogP contribution in [-0.2, 0) is 20.7 Å². The third-order valence-electron chi connectivity index (χ3n) is 3.74. The Hall–Kier alpha value is -2.53. The van der Waals surface area contributed by atoms with Crippen LogP contribution >= 0.6 is 11.6 Å². The molecule has 0 aliphatic carbocycles. The summed E-state index contributed by atoms with van der Waals surface area (Å²) in [6.45, 7) is 5.50. The van der Waals surface area contributed by atoms with E-state index in [1.807, 2.05) is 51.1 Å². The summed E-state index contributed by atoms with van der Waals surface area (Å²) in [5.74, 6) is -0.301. The predicted molar refractivity (Wildman–Crippen MR) is 109 cm³/mol. The molecule has 1 N–H and O–H groups in total. The lowest BCUT2D eigenvalue weighted by atomic mass is 10.1. The van der Waals surface area contributed by atoms with Crippen LogP contribution in [0.2, 0.25) is 5.02 Å². The molecule has 2 rings (SSSR count). The molecule has 0 spiro atoms. The molecular formula is C22H26ClNO4. The van der Waals surface area contributed by atoms with Crippen molar-refractivity contribution in [3.63, 3.8) is 0 Å². The van der Waals surface area contributed by atoms with Gasteiger partial charge in [-0.3, -0.25) is 9.59 Å². The van der Waals surface area contributed by atoms with Crippen molar-refractivity contribution in [2.24, 2.45) is 0 Å². The zero-order valence-electron chi connectivity index (χ0n) is 16.4. The number of nitrogens with one attached hydrogen (secondary N) is 1. The Balaban J connectivity index is 1.96. The fourth-order valence-corrected chi connectivity index (χ4v) is 2.55. The Morgan fingerprint density at radius 1 is 1.04 bits per heavy atom. The summed E-state index contributed by atoms with van der Waals surface area (Å²) in [5, 5.41) is 3.41. The van der Waals surface area contributed by atoms with Crippen LogP contribution in [0.15, 0.2) is 54.6 Å². The van der Waals surface area contributed by atoms with E-state index in [0.29, 0.717) is 17.2 Å². The summed E-state index contributed by atoms with van der Waals surface area (Å²) in [5.41, 5.74) is 0.582. The minimum Gasteiger partial charge on any atom is -0.489 e. The number of carbonyl (C=O) groups excluding carboxylic acids is 2. The molecule has 1 atom stereocenters. The van der Waals surface area contributed by atoms with Gasteiger partial charge in [0.2, 0.25) is 6.10 Å². The molecule has 0 radical (unpaired) electrons. The molecule has 0 aliphatic rings. The monoisotopic (exact) mass is 403 g/mol. The number of hydrogen-bond acceptors (Lipinski definition) is 4. The number of rotatable bonds is 8. The maximum atomic E-state index is 12.6. The Labute approximate surface area is 171 Å². The van der Waals surface area contributed by atoms with Crippen LogP contribution in [0.4, 0.5) is 0 Å². The van der Waals surface area contributed by atoms with Crippen LogP contribution < -0.4 is 10.1 Å². The normalized spacial score (nSPS) is 12.1. The number of carbonyl (C=O) groups is 2. The zero-order chi connectivity index (χ0) is 20.6. The summed E-state index contributed by atoms with van der Waals surface area (Å²) >= 11 is 5.86. The van der Waals surface area contributed by atoms with Crippen molar-refractivity contribution in [3.8, 4) is 5.75 Å². The molecule has 0 saturated heterocycles. The van der Waals surface area contributed by atoms with Gasteiger partial charge < -0.3 is 14.8 Å². The molecule has 28 heavy (non-hydrogen) atoms. The van der Waals surface area contributed by atoms with Gasteiger partial charge >= 0.3 is 5.97 Å². The van der Waals surface area contributed by atoms with Gasteiger partial charge in [0.05, 0.1) is 0 Å². The van der Waals surface area contributed by atoms with Crippen LogP contribution in [0.25, 0.3) is 0 Å². The third kappa shape index (κ3) is 8.01. The van der Waals surface area contributed by atoms with Gasteiger partial charge in [0.1, 0.15) is 12.4 Å². The van der Waals surface area contributed by atoms with Crippen molar-refractivity contribution in [1.29, 1.82) is 0 Å². The highest BCUT2D eigenvalue weighted by atomic mass is 35.5. The van der Waals surface area contributed by atoms with E-state index in [2.05, 4.69) is 5.32 Å². The van der Waals surface area contributed by atoms with Gasteiger partial charge in [-0.15, -0.1) is 0 Å². The molecule has 1 unspecified atom stereocenters. The molecule has 1 amide bonds. The van der Waals surface area contributed by atoms with Gasteiger partial charge in [0.15, 0.2) is 0 Å². The fourth-order valence-electron chi connectivity index (χ4n) is 2.42. The lowest BCUT2D eigenvalue weighted by molar-refractivity contribution is -0.158. The van der Waals surface area contributed by atoms with Crippen LogP contribution in [0.1, 0.15) is 32.8 Å². The van der Waals surface area contributed by atoms with E-state index in [4.69, 9.17) is 21.1 Å². The summed E-state index contributed by atoms with van der Waals surface area (Å²) in [4.78, 5) is 24.8. The van der Waals surface area contributed by atoms with E-state index in [-0.39, 0.29) is 13.0 Å². The van der Waals surface area contributed by atoms with E-state index < -0.39 is 23.5 Å². The smallest absolute Gasteiger partial charge is 0.307 e. The minimum absolute atomic E-state index is 0.0827. The second-order valence-corrected chi connectivity index (χ2v) is 7.90. The number of benzene rings is 2. The molecule has 0 fully saturated rings. The summed E-state index contributed by atoms with van der Waals surface area (Å²) in [7, 11) is 0. The van der Waals surface area contributed by atoms with Crippen molar-refractivity contribution in [3.05, 3.63) is 65.2 Å². The van der Waals surface area contributed by atoms with Gasteiger partial charge in [-0.1, -0.05) is 41.9 Å². The molecule has 0 heterocycles. The highest BCUT2D eigenvalue weighted by Gasteiger charge is 2.27. The first-order valence-corrected chi connectivity index (χ1v) is 9.54. The molecule has 0 aliphatic heterocycles. The standard InChI is InChI=1S/C22H26ClNO4/c1-22(2,3)24-21(26)19(15-27-18-12-10-17(23)11-13-18)28-20(25)14-9-16-7-5-4-6-8-16/h4-8,10-13,19H,9,14-15H2,1-3H3,(H,24,26). The van der Waals surface area contributed by atoms with Crippen LogP contribution in [0.3, 0.4) is 0 Å². The highest BCUT2D eigenvalue weighted by molar-refractivity contribution is 6.30. The number of ether oxygens (including phenoxy) is 2. The van der Waals surface area contributed by atoms with Gasteiger partial charge in [-0.25, -0.2) is 0 Å². The lowest BCUT2D eigenvalue weighted by Gasteiger charge is -2.25. The quantitative estimate of drug-likeness (QED) is 0.671. The van der Waals surface area contributed by atoms with Crippen LogP contribution in [0.5, 0.6) is 5.75 Å². The number of esters is 1. The van der Waals surface area contributed by atoms with Crippen LogP contribution in [0, 0.1) is 0 Å². The first kappa shape index (κ1) is 21.8. The van der Waals surface area contributed by atoms with Crippen molar-refractivity contribution in [2.45, 2.75) is 45.3 Å². The zero-order valence-corrected chi connectivity index (χ0v) is 17.2. The summed E-state index contributed by atoms with van der Waals surface area (Å²) in [6.07, 6.45) is -0.312. The highest BCUT2D eigenvalue weighted by Crippen LogP contribution is 2.16. The van der Waals surface area contributed by atoms with Gasteiger partial charge in [0, 0.05) is 17.0 Å². The van der Waals surface area contributed by atoms with E-state index in [1.54, 1.807) is 24.3 Å². The fraction of sp³-hybridized carbons (Fsp3) is 0.364. The molecule has 2 aromatic rings.